The molecule has 0 radical (unpaired) electrons. The molecule has 37 heavy (non-hydrogen) atoms. The van der Waals surface area contributed by atoms with Gasteiger partial charge in [-0.25, -0.2) is 14.4 Å². The zero-order chi connectivity index (χ0) is 26.3. The number of hydrogen-bond donors (Lipinski definition) is 1. The third kappa shape index (κ3) is 10.4. The summed E-state index contributed by atoms with van der Waals surface area (Å²) in [6, 6.07) is 6.29. The normalized spacial score (nSPS) is 11.0. The highest BCUT2D eigenvalue weighted by atomic mass is 32.2. The summed E-state index contributed by atoms with van der Waals surface area (Å²) in [4.78, 5) is 37.5. The van der Waals surface area contributed by atoms with Gasteiger partial charge in [-0.15, -0.1) is 0 Å². The van der Waals surface area contributed by atoms with E-state index in [4.69, 9.17) is 0 Å². The molecule has 198 valence electrons. The Morgan fingerprint density at radius 2 is 1.73 bits per heavy atom. The molecule has 0 atom stereocenters. The molecule has 3 rings (SSSR count). The molecule has 0 aliphatic carbocycles. The predicted octanol–water partition coefficient (Wildman–Crippen LogP) is 5.31. The standard InChI is InChI=1S/C28H36FN5O2S/c1-2-3-4-5-6-7-14-32-26(35)9-8-15-34-19-24(16-23-17-30-21-31-18-23)27(36)33-28(34)37-20-22-10-12-25(29)13-11-22/h10-13,17-19,21H,2-9,14-16,20H2,1H3,(H,32,35). The number of unbranched alkanes of at least 4 members (excludes halogenated alkanes) is 5. The van der Waals surface area contributed by atoms with Gasteiger partial charge in [0.1, 0.15) is 12.1 Å². The summed E-state index contributed by atoms with van der Waals surface area (Å²) < 4.78 is 15.2. The number of thioether (sulfide) groups is 1. The van der Waals surface area contributed by atoms with Crippen LogP contribution in [0, 0.1) is 5.82 Å². The maximum absolute atomic E-state index is 13.2. The van der Waals surface area contributed by atoms with E-state index in [-0.39, 0.29) is 17.3 Å². The fraction of sp³-hybridized carbons (Fsp3) is 0.464. The third-order valence-electron chi connectivity index (χ3n) is 5.97. The lowest BCUT2D eigenvalue weighted by Gasteiger charge is -2.14. The highest BCUT2D eigenvalue weighted by Crippen LogP contribution is 2.21. The lowest BCUT2D eigenvalue weighted by Crippen LogP contribution is -2.25. The average Bonchev–Trinajstić information content (AvgIpc) is 2.90. The van der Waals surface area contributed by atoms with E-state index in [1.807, 2.05) is 10.8 Å². The summed E-state index contributed by atoms with van der Waals surface area (Å²) in [5, 5.41) is 3.59. The van der Waals surface area contributed by atoms with E-state index < -0.39 is 0 Å². The highest BCUT2D eigenvalue weighted by Gasteiger charge is 2.12. The summed E-state index contributed by atoms with van der Waals surface area (Å²) in [5.41, 5.74) is 2.02. The molecule has 1 N–H and O–H groups in total. The van der Waals surface area contributed by atoms with E-state index in [0.717, 1.165) is 24.0 Å². The molecule has 0 bridgehead atoms. The highest BCUT2D eigenvalue weighted by molar-refractivity contribution is 7.98. The number of benzene rings is 1. The maximum Gasteiger partial charge on any atom is 0.277 e. The molecule has 3 aromatic rings. The van der Waals surface area contributed by atoms with Crippen LogP contribution in [-0.2, 0) is 23.5 Å². The Morgan fingerprint density at radius 3 is 2.49 bits per heavy atom. The Balaban J connectivity index is 1.59. The molecule has 1 amide bonds. The fourth-order valence-corrected chi connectivity index (χ4v) is 4.86. The van der Waals surface area contributed by atoms with Gasteiger partial charge in [0.15, 0.2) is 5.16 Å². The van der Waals surface area contributed by atoms with E-state index >= 15 is 0 Å². The first-order valence-electron chi connectivity index (χ1n) is 13.0. The number of carbonyl (C=O) groups is 1. The number of rotatable bonds is 16. The second kappa shape index (κ2) is 15.9. The topological polar surface area (TPSA) is 89.8 Å². The first kappa shape index (κ1) is 28.5. The second-order valence-corrected chi connectivity index (χ2v) is 10.0. The zero-order valence-electron chi connectivity index (χ0n) is 21.5. The molecule has 7 nitrogen and oxygen atoms in total. The molecule has 0 spiro atoms. The van der Waals surface area contributed by atoms with Crippen LogP contribution in [0.1, 0.15) is 75.0 Å². The van der Waals surface area contributed by atoms with Crippen LogP contribution in [0.2, 0.25) is 0 Å². The number of nitrogens with zero attached hydrogens (tertiary/aromatic N) is 4. The van der Waals surface area contributed by atoms with Crippen LogP contribution in [0.15, 0.2) is 59.1 Å². The van der Waals surface area contributed by atoms with Crippen molar-refractivity contribution in [1.82, 2.24) is 24.8 Å². The Hall–Kier alpha value is -3.07. The number of carbonyl (C=O) groups excluding carboxylic acids is 1. The van der Waals surface area contributed by atoms with Gasteiger partial charge in [-0.2, -0.15) is 4.98 Å². The Bertz CT molecular complexity index is 1160. The molecular weight excluding hydrogens is 489 g/mol. The van der Waals surface area contributed by atoms with Crippen LogP contribution in [0.3, 0.4) is 0 Å². The van der Waals surface area contributed by atoms with E-state index in [2.05, 4.69) is 27.2 Å². The average molecular weight is 526 g/mol. The van der Waals surface area contributed by atoms with Gasteiger partial charge in [0.25, 0.3) is 5.56 Å². The van der Waals surface area contributed by atoms with Crippen molar-refractivity contribution in [3.63, 3.8) is 0 Å². The summed E-state index contributed by atoms with van der Waals surface area (Å²) in [6.45, 7) is 3.48. The SMILES string of the molecule is CCCCCCCCNC(=O)CCCn1cc(Cc2cncnc2)c(=O)nc1SCc1ccc(F)cc1. The quantitative estimate of drug-likeness (QED) is 0.155. The van der Waals surface area contributed by atoms with Crippen LogP contribution in [0.5, 0.6) is 0 Å². The largest absolute Gasteiger partial charge is 0.356 e. The number of aromatic nitrogens is 4. The van der Waals surface area contributed by atoms with E-state index in [1.165, 1.54) is 55.9 Å². The van der Waals surface area contributed by atoms with Crippen LogP contribution >= 0.6 is 11.8 Å². The van der Waals surface area contributed by atoms with Crippen molar-refractivity contribution in [2.45, 2.75) is 82.2 Å². The number of halogens is 1. The van der Waals surface area contributed by atoms with E-state index in [0.29, 0.717) is 48.8 Å². The van der Waals surface area contributed by atoms with Gasteiger partial charge in [0, 0.05) is 55.8 Å². The second-order valence-electron chi connectivity index (χ2n) is 9.11. The first-order valence-corrected chi connectivity index (χ1v) is 14.0. The Kier molecular flexibility index (Phi) is 12.3. The van der Waals surface area contributed by atoms with Crippen molar-refractivity contribution in [2.75, 3.05) is 6.54 Å². The molecule has 0 saturated heterocycles. The lowest BCUT2D eigenvalue weighted by molar-refractivity contribution is -0.121. The van der Waals surface area contributed by atoms with Crippen LogP contribution < -0.4 is 10.9 Å². The third-order valence-corrected chi connectivity index (χ3v) is 7.04. The number of hydrogen-bond acceptors (Lipinski definition) is 6. The van der Waals surface area contributed by atoms with E-state index in [1.54, 1.807) is 24.5 Å². The first-order chi connectivity index (χ1) is 18.0. The van der Waals surface area contributed by atoms with Crippen molar-refractivity contribution >= 4 is 17.7 Å². The minimum absolute atomic E-state index is 0.0461. The van der Waals surface area contributed by atoms with Crippen molar-refractivity contribution in [2.24, 2.45) is 0 Å². The Morgan fingerprint density at radius 1 is 1.00 bits per heavy atom. The molecule has 9 heteroatoms. The summed E-state index contributed by atoms with van der Waals surface area (Å²) in [7, 11) is 0. The van der Waals surface area contributed by atoms with Gasteiger partial charge in [-0.05, 0) is 36.1 Å². The van der Waals surface area contributed by atoms with Gasteiger partial charge < -0.3 is 9.88 Å². The molecule has 0 aliphatic rings. The number of amides is 1. The van der Waals surface area contributed by atoms with Crippen LogP contribution in [-0.4, -0.2) is 32.0 Å². The molecule has 0 unspecified atom stereocenters. The van der Waals surface area contributed by atoms with Crippen LogP contribution in [0.25, 0.3) is 0 Å². The minimum Gasteiger partial charge on any atom is -0.356 e. The molecule has 0 saturated carbocycles. The molecule has 2 heterocycles. The molecular formula is C28H36FN5O2S. The molecule has 0 aliphatic heterocycles. The van der Waals surface area contributed by atoms with Gasteiger partial charge in [-0.3, -0.25) is 9.59 Å². The monoisotopic (exact) mass is 525 g/mol. The minimum atomic E-state index is -0.293. The van der Waals surface area contributed by atoms with Crippen molar-refractivity contribution in [1.29, 1.82) is 0 Å². The van der Waals surface area contributed by atoms with Gasteiger partial charge in [-0.1, -0.05) is 62.9 Å². The molecule has 0 fully saturated rings. The summed E-state index contributed by atoms with van der Waals surface area (Å²) in [6.07, 6.45) is 15.2. The predicted molar refractivity (Wildman–Crippen MR) is 145 cm³/mol. The van der Waals surface area contributed by atoms with Crippen molar-refractivity contribution < 1.29 is 9.18 Å². The van der Waals surface area contributed by atoms with Crippen LogP contribution in [0.4, 0.5) is 4.39 Å². The summed E-state index contributed by atoms with van der Waals surface area (Å²) >= 11 is 1.42. The van der Waals surface area contributed by atoms with Crippen molar-refractivity contribution in [3.8, 4) is 0 Å². The zero-order valence-corrected chi connectivity index (χ0v) is 22.3. The van der Waals surface area contributed by atoms with Crippen molar-refractivity contribution in [3.05, 3.63) is 82.0 Å². The van der Waals surface area contributed by atoms with Gasteiger partial charge in [0.05, 0.1) is 0 Å². The fourth-order valence-electron chi connectivity index (χ4n) is 3.92. The molecule has 1 aromatic carbocycles. The summed E-state index contributed by atoms with van der Waals surface area (Å²) in [5.74, 6) is 0.315. The number of aryl methyl sites for hydroxylation is 1. The maximum atomic E-state index is 13.2. The smallest absolute Gasteiger partial charge is 0.277 e. The molecule has 2 aromatic heterocycles. The lowest BCUT2D eigenvalue weighted by atomic mass is 10.1. The Labute approximate surface area is 222 Å². The van der Waals surface area contributed by atoms with Gasteiger partial charge in [0.2, 0.25) is 5.91 Å². The number of nitrogens with one attached hydrogen (secondary N) is 1. The van der Waals surface area contributed by atoms with Gasteiger partial charge >= 0.3 is 0 Å². The van der Waals surface area contributed by atoms with E-state index in [9.17, 15) is 14.0 Å².